The molecule has 114 valence electrons. The van der Waals surface area contributed by atoms with Crippen molar-refractivity contribution >= 4 is 16.5 Å². The molecule has 1 aromatic heterocycles. The summed E-state index contributed by atoms with van der Waals surface area (Å²) >= 11 is 1.82. The predicted molar refractivity (Wildman–Crippen MR) is 87.6 cm³/mol. The Kier molecular flexibility index (Phi) is 5.81. The molecule has 1 N–H and O–H groups in total. The van der Waals surface area contributed by atoms with Gasteiger partial charge in [0.2, 0.25) is 0 Å². The molecule has 1 aromatic rings. The highest BCUT2D eigenvalue weighted by molar-refractivity contribution is 7.15. The fourth-order valence-electron chi connectivity index (χ4n) is 2.64. The van der Waals surface area contributed by atoms with E-state index in [9.17, 15) is 0 Å². The monoisotopic (exact) mass is 296 g/mol. The number of likely N-dealkylation sites (N-methyl/N-ethyl adjacent to an activating group) is 2. The molecule has 1 unspecified atom stereocenters. The summed E-state index contributed by atoms with van der Waals surface area (Å²) in [7, 11) is 4.40. The van der Waals surface area contributed by atoms with E-state index in [1.54, 1.807) is 0 Å². The Balaban J connectivity index is 1.87. The van der Waals surface area contributed by atoms with Crippen LogP contribution in [0.3, 0.4) is 0 Å². The Labute approximate surface area is 127 Å². The van der Waals surface area contributed by atoms with Crippen LogP contribution in [0.25, 0.3) is 0 Å². The van der Waals surface area contributed by atoms with Crippen LogP contribution >= 0.6 is 11.3 Å². The third kappa shape index (κ3) is 4.43. The molecule has 0 aliphatic carbocycles. The lowest BCUT2D eigenvalue weighted by Crippen LogP contribution is -2.45. The van der Waals surface area contributed by atoms with Crippen molar-refractivity contribution in [2.45, 2.75) is 39.3 Å². The van der Waals surface area contributed by atoms with Gasteiger partial charge in [-0.25, -0.2) is 4.98 Å². The molecule has 0 saturated carbocycles. The smallest absolute Gasteiger partial charge is 0.185 e. The van der Waals surface area contributed by atoms with Gasteiger partial charge in [0, 0.05) is 37.3 Å². The maximum Gasteiger partial charge on any atom is 0.185 e. The van der Waals surface area contributed by atoms with Gasteiger partial charge in [0.25, 0.3) is 0 Å². The summed E-state index contributed by atoms with van der Waals surface area (Å²) < 4.78 is 0. The van der Waals surface area contributed by atoms with E-state index in [-0.39, 0.29) is 0 Å². The average Bonchev–Trinajstić information content (AvgIpc) is 2.86. The van der Waals surface area contributed by atoms with Gasteiger partial charge >= 0.3 is 0 Å². The second-order valence-corrected chi connectivity index (χ2v) is 7.40. The minimum absolute atomic E-state index is 0.608. The fourth-order valence-corrected chi connectivity index (χ4v) is 3.55. The Bertz CT molecular complexity index is 404. The highest BCUT2D eigenvalue weighted by atomic mass is 32.1. The second kappa shape index (κ2) is 7.38. The largest absolute Gasteiger partial charge is 0.347 e. The van der Waals surface area contributed by atoms with E-state index < -0.39 is 0 Å². The first-order valence-corrected chi connectivity index (χ1v) is 8.44. The van der Waals surface area contributed by atoms with Gasteiger partial charge in [-0.3, -0.25) is 0 Å². The Morgan fingerprint density at radius 3 is 3.05 bits per heavy atom. The molecule has 2 heterocycles. The Morgan fingerprint density at radius 1 is 1.55 bits per heavy atom. The number of piperidine rings is 1. The van der Waals surface area contributed by atoms with E-state index in [1.165, 1.54) is 24.3 Å². The van der Waals surface area contributed by atoms with Gasteiger partial charge in [-0.05, 0) is 38.9 Å². The van der Waals surface area contributed by atoms with Crippen LogP contribution in [0, 0.1) is 5.92 Å². The number of nitrogens with zero attached hydrogens (tertiary/aromatic N) is 3. The number of hydrogen-bond acceptors (Lipinski definition) is 5. The molecule has 20 heavy (non-hydrogen) atoms. The molecule has 1 fully saturated rings. The molecule has 1 atom stereocenters. The predicted octanol–water partition coefficient (Wildman–Crippen LogP) is 2.42. The maximum atomic E-state index is 4.60. The van der Waals surface area contributed by atoms with Crippen molar-refractivity contribution in [2.75, 3.05) is 38.6 Å². The van der Waals surface area contributed by atoms with Gasteiger partial charge in [0.05, 0.1) is 0 Å². The molecule has 5 heteroatoms. The van der Waals surface area contributed by atoms with Crippen molar-refractivity contribution in [1.29, 1.82) is 0 Å². The first kappa shape index (κ1) is 15.7. The maximum absolute atomic E-state index is 4.60. The molecule has 0 aromatic carbocycles. The summed E-state index contributed by atoms with van der Waals surface area (Å²) in [6.07, 6.45) is 4.59. The van der Waals surface area contributed by atoms with Gasteiger partial charge in [0.1, 0.15) is 0 Å². The zero-order valence-corrected chi connectivity index (χ0v) is 14.0. The van der Waals surface area contributed by atoms with E-state index in [2.05, 4.69) is 48.0 Å². The van der Waals surface area contributed by atoms with Gasteiger partial charge in [-0.2, -0.15) is 0 Å². The van der Waals surface area contributed by atoms with Crippen LogP contribution in [0.5, 0.6) is 0 Å². The Hall–Kier alpha value is -0.650. The zero-order valence-electron chi connectivity index (χ0n) is 13.2. The van der Waals surface area contributed by atoms with Crippen molar-refractivity contribution in [3.05, 3.63) is 11.1 Å². The highest BCUT2D eigenvalue weighted by Gasteiger charge is 2.22. The van der Waals surface area contributed by atoms with Crippen LogP contribution in [0.2, 0.25) is 0 Å². The van der Waals surface area contributed by atoms with E-state index >= 15 is 0 Å². The minimum atomic E-state index is 0.608. The molecule has 2 rings (SSSR count). The number of nitrogens with one attached hydrogen (secondary N) is 1. The first-order chi connectivity index (χ1) is 9.56. The topological polar surface area (TPSA) is 31.4 Å². The van der Waals surface area contributed by atoms with Crippen LogP contribution in [-0.2, 0) is 6.54 Å². The summed E-state index contributed by atoms with van der Waals surface area (Å²) in [4.78, 5) is 10.7. The van der Waals surface area contributed by atoms with Crippen molar-refractivity contribution in [1.82, 2.24) is 15.2 Å². The molecule has 0 amide bonds. The number of hydrogen-bond donors (Lipinski definition) is 1. The third-order valence-corrected chi connectivity index (χ3v) is 4.93. The number of anilines is 1. The molecule has 1 aliphatic rings. The molecule has 0 radical (unpaired) electrons. The van der Waals surface area contributed by atoms with Gasteiger partial charge in [-0.15, -0.1) is 11.3 Å². The fraction of sp³-hybridized carbons (Fsp3) is 0.800. The lowest BCUT2D eigenvalue weighted by molar-refractivity contribution is 0.248. The summed E-state index contributed by atoms with van der Waals surface area (Å²) in [5, 5.41) is 4.64. The molecule has 1 saturated heterocycles. The van der Waals surface area contributed by atoms with E-state index in [1.807, 2.05) is 17.5 Å². The van der Waals surface area contributed by atoms with E-state index in [0.717, 1.165) is 24.8 Å². The van der Waals surface area contributed by atoms with Crippen molar-refractivity contribution in [2.24, 2.45) is 5.92 Å². The second-order valence-electron chi connectivity index (χ2n) is 6.30. The zero-order chi connectivity index (χ0) is 14.5. The van der Waals surface area contributed by atoms with Crippen molar-refractivity contribution < 1.29 is 0 Å². The van der Waals surface area contributed by atoms with Crippen LogP contribution in [0.15, 0.2) is 6.20 Å². The first-order valence-electron chi connectivity index (χ1n) is 7.63. The van der Waals surface area contributed by atoms with Crippen LogP contribution < -0.4 is 10.2 Å². The molecule has 1 aliphatic heterocycles. The van der Waals surface area contributed by atoms with Crippen LogP contribution in [0.1, 0.15) is 31.6 Å². The normalized spacial score (nSPS) is 20.6. The molecule has 4 nitrogen and oxygen atoms in total. The third-order valence-electron chi connectivity index (χ3n) is 3.84. The number of aromatic nitrogens is 1. The summed E-state index contributed by atoms with van der Waals surface area (Å²) in [5.74, 6) is 0.697. The standard InChI is InChI=1S/C15H28N4S/c1-12(2)8-16-9-14-10-17-15(20-14)19(4)13-6-5-7-18(3)11-13/h10,12-13,16H,5-9,11H2,1-4H3. The van der Waals surface area contributed by atoms with Crippen molar-refractivity contribution in [3.8, 4) is 0 Å². The van der Waals surface area contributed by atoms with Crippen molar-refractivity contribution in [3.63, 3.8) is 0 Å². The molecular formula is C15H28N4S. The summed E-state index contributed by atoms with van der Waals surface area (Å²) in [6.45, 7) is 8.85. The molecule has 0 bridgehead atoms. The number of thiazole rings is 1. The number of likely N-dealkylation sites (tertiary alicyclic amines) is 1. The minimum Gasteiger partial charge on any atom is -0.347 e. The van der Waals surface area contributed by atoms with E-state index in [4.69, 9.17) is 0 Å². The lowest BCUT2D eigenvalue weighted by Gasteiger charge is -2.35. The Morgan fingerprint density at radius 2 is 2.35 bits per heavy atom. The van der Waals surface area contributed by atoms with Crippen LogP contribution in [-0.4, -0.2) is 49.7 Å². The van der Waals surface area contributed by atoms with Gasteiger partial charge in [0.15, 0.2) is 5.13 Å². The summed E-state index contributed by atoms with van der Waals surface area (Å²) in [5.41, 5.74) is 0. The van der Waals surface area contributed by atoms with Crippen LogP contribution in [0.4, 0.5) is 5.13 Å². The van der Waals surface area contributed by atoms with Gasteiger partial charge < -0.3 is 15.1 Å². The molecule has 0 spiro atoms. The average molecular weight is 296 g/mol. The lowest BCUT2D eigenvalue weighted by atomic mass is 10.1. The number of rotatable bonds is 6. The van der Waals surface area contributed by atoms with Gasteiger partial charge in [-0.1, -0.05) is 13.8 Å². The summed E-state index contributed by atoms with van der Waals surface area (Å²) in [6, 6.07) is 0.608. The quantitative estimate of drug-likeness (QED) is 0.873. The highest BCUT2D eigenvalue weighted by Crippen LogP contribution is 2.25. The SMILES string of the molecule is CC(C)CNCc1cnc(N(C)C2CCCN(C)C2)s1. The molecular weight excluding hydrogens is 268 g/mol. The van der Waals surface area contributed by atoms with E-state index in [0.29, 0.717) is 12.0 Å².